The first-order valence-corrected chi connectivity index (χ1v) is 14.2. The van der Waals surface area contributed by atoms with Gasteiger partial charge in [0.1, 0.15) is 6.10 Å². The van der Waals surface area contributed by atoms with Crippen molar-refractivity contribution in [2.24, 2.45) is 52.3 Å². The van der Waals surface area contributed by atoms with Crippen LogP contribution in [0.1, 0.15) is 98.8 Å². The molecule has 5 fully saturated rings. The average Bonchev–Trinajstić information content (AvgIpc) is 3.03. The van der Waals surface area contributed by atoms with Gasteiger partial charge in [-0.3, -0.25) is 4.79 Å². The first kappa shape index (κ1) is 24.1. The number of hydrogen-bond acceptors (Lipinski definition) is 4. The fourth-order valence-electron chi connectivity index (χ4n) is 10.3. The van der Waals surface area contributed by atoms with Gasteiger partial charge in [0.25, 0.3) is 0 Å². The Morgan fingerprint density at radius 2 is 1.76 bits per heavy atom. The molecule has 4 aliphatic carbocycles. The molecule has 12 atom stereocenters. The number of ether oxygens (including phenoxy) is 1. The van der Waals surface area contributed by atoms with Gasteiger partial charge in [-0.15, -0.1) is 0 Å². The monoisotopic (exact) mass is 459 g/mol. The van der Waals surface area contributed by atoms with E-state index < -0.39 is 0 Å². The van der Waals surface area contributed by atoms with Gasteiger partial charge < -0.3 is 15.2 Å². The van der Waals surface area contributed by atoms with Crippen molar-refractivity contribution in [2.45, 2.75) is 117 Å². The maximum atomic E-state index is 11.5. The molecule has 0 bridgehead atoms. The van der Waals surface area contributed by atoms with Crippen molar-refractivity contribution in [2.75, 3.05) is 6.54 Å². The second kappa shape index (κ2) is 8.80. The Kier molecular flexibility index (Phi) is 6.43. The molecule has 1 aliphatic heterocycles. The highest BCUT2D eigenvalue weighted by molar-refractivity contribution is 5.66. The average molecular weight is 460 g/mol. The summed E-state index contributed by atoms with van der Waals surface area (Å²) in [4.78, 5) is 11.5. The Morgan fingerprint density at radius 1 is 1.00 bits per heavy atom. The topological polar surface area (TPSA) is 58.6 Å². The number of rotatable bonds is 3. The van der Waals surface area contributed by atoms with Gasteiger partial charge in [-0.05, 0) is 123 Å². The van der Waals surface area contributed by atoms with Gasteiger partial charge in [-0.2, -0.15) is 0 Å². The minimum atomic E-state index is -0.139. The summed E-state index contributed by atoms with van der Waals surface area (Å²) in [7, 11) is 0. The van der Waals surface area contributed by atoms with Crippen molar-refractivity contribution in [3.05, 3.63) is 0 Å². The van der Waals surface area contributed by atoms with Crippen molar-refractivity contribution in [3.8, 4) is 0 Å². The van der Waals surface area contributed by atoms with E-state index in [1.807, 2.05) is 0 Å². The van der Waals surface area contributed by atoms with E-state index >= 15 is 0 Å². The summed E-state index contributed by atoms with van der Waals surface area (Å²) in [5, 5.41) is 15.3. The third kappa shape index (κ3) is 3.99. The summed E-state index contributed by atoms with van der Waals surface area (Å²) < 4.78 is 5.65. The summed E-state index contributed by atoms with van der Waals surface area (Å²) in [5.41, 5.74) is 0.666. The second-order valence-electron chi connectivity index (χ2n) is 13.6. The van der Waals surface area contributed by atoms with Crippen LogP contribution in [0.15, 0.2) is 0 Å². The van der Waals surface area contributed by atoms with Gasteiger partial charge in [0.05, 0.1) is 6.10 Å². The standard InChI is InChI=1S/C29H49NO3/c1-17-6-9-25(30-16-17)18(2)27-26(32)15-24-22-8-7-20-14-21(33-19(3)31)10-12-28(20,4)23(22)11-13-29(24,27)5/h17-18,20-27,30,32H,6-16H2,1-5H3/t17?,18?,20?,21?,22-,23+,24+,25?,26?,27?,28+,29+/m1/s1. The second-order valence-corrected chi connectivity index (χ2v) is 13.6. The van der Waals surface area contributed by atoms with E-state index in [-0.39, 0.29) is 23.6 Å². The van der Waals surface area contributed by atoms with Gasteiger partial charge in [-0.1, -0.05) is 27.7 Å². The lowest BCUT2D eigenvalue weighted by Crippen LogP contribution is -2.55. The quantitative estimate of drug-likeness (QED) is 0.542. The molecule has 0 aromatic carbocycles. The van der Waals surface area contributed by atoms with Crippen molar-refractivity contribution < 1.29 is 14.6 Å². The first-order valence-electron chi connectivity index (χ1n) is 14.2. The normalized spacial score (nSPS) is 52.8. The van der Waals surface area contributed by atoms with E-state index in [2.05, 4.69) is 33.0 Å². The molecule has 33 heavy (non-hydrogen) atoms. The van der Waals surface area contributed by atoms with Gasteiger partial charge in [0.2, 0.25) is 0 Å². The lowest BCUT2D eigenvalue weighted by molar-refractivity contribution is -0.160. The van der Waals surface area contributed by atoms with Gasteiger partial charge in [0, 0.05) is 13.0 Å². The first-order chi connectivity index (χ1) is 15.6. The Morgan fingerprint density at radius 3 is 2.45 bits per heavy atom. The molecule has 2 N–H and O–H groups in total. The summed E-state index contributed by atoms with van der Waals surface area (Å²) in [6, 6.07) is 0.568. The number of aliphatic hydroxyl groups excluding tert-OH is 1. The Bertz CT molecular complexity index is 732. The number of carbonyl (C=O) groups is 1. The summed E-state index contributed by atoms with van der Waals surface area (Å²) >= 11 is 0. The third-order valence-corrected chi connectivity index (χ3v) is 12.0. The number of nitrogens with one attached hydrogen (secondary N) is 1. The lowest BCUT2D eigenvalue weighted by Gasteiger charge is -2.61. The molecule has 1 heterocycles. The molecular weight excluding hydrogens is 410 g/mol. The van der Waals surface area contributed by atoms with Crippen molar-refractivity contribution >= 4 is 5.97 Å². The van der Waals surface area contributed by atoms with Gasteiger partial charge >= 0.3 is 5.97 Å². The maximum absolute atomic E-state index is 11.5. The summed E-state index contributed by atoms with van der Waals surface area (Å²) in [6.07, 6.45) is 12.1. The molecular formula is C29H49NO3. The molecule has 0 radical (unpaired) electrons. The van der Waals surface area contributed by atoms with Crippen LogP contribution in [0.3, 0.4) is 0 Å². The number of aliphatic hydroxyl groups is 1. The van der Waals surface area contributed by atoms with Crippen molar-refractivity contribution in [1.29, 1.82) is 0 Å². The number of hydrogen-bond donors (Lipinski definition) is 2. The Labute approximate surface area is 202 Å². The Hall–Kier alpha value is -0.610. The van der Waals surface area contributed by atoms with Crippen LogP contribution in [0.25, 0.3) is 0 Å². The van der Waals surface area contributed by atoms with E-state index in [9.17, 15) is 9.90 Å². The predicted molar refractivity (Wildman–Crippen MR) is 132 cm³/mol. The van der Waals surface area contributed by atoms with Crippen molar-refractivity contribution in [3.63, 3.8) is 0 Å². The summed E-state index contributed by atoms with van der Waals surface area (Å²) in [6.45, 7) is 12.6. The van der Waals surface area contributed by atoms with E-state index in [1.165, 1.54) is 44.9 Å². The Balaban J connectivity index is 1.32. The van der Waals surface area contributed by atoms with E-state index in [1.54, 1.807) is 6.92 Å². The third-order valence-electron chi connectivity index (χ3n) is 12.0. The van der Waals surface area contributed by atoms with Crippen LogP contribution < -0.4 is 5.32 Å². The predicted octanol–water partition coefficient (Wildman–Crippen LogP) is 5.57. The maximum Gasteiger partial charge on any atom is 0.302 e. The van der Waals surface area contributed by atoms with Gasteiger partial charge in [0.15, 0.2) is 0 Å². The SMILES string of the molecule is CC(=O)OC1CC[C@@]2(C)C(CC[C@@H]3[C@@H]2CC[C@]2(C)C(C(C)C4CCC(C)CN4)C(O)C[C@@H]32)C1. The molecule has 7 unspecified atom stereocenters. The highest BCUT2D eigenvalue weighted by atomic mass is 16.5. The molecule has 4 heteroatoms. The molecule has 0 aromatic heterocycles. The zero-order valence-electron chi connectivity index (χ0n) is 21.8. The molecule has 4 nitrogen and oxygen atoms in total. The molecule has 4 saturated carbocycles. The fourth-order valence-corrected chi connectivity index (χ4v) is 10.3. The molecule has 5 aliphatic rings. The van der Waals surface area contributed by atoms with Crippen LogP contribution in [0, 0.1) is 52.3 Å². The van der Waals surface area contributed by atoms with Crippen LogP contribution in [0.2, 0.25) is 0 Å². The van der Waals surface area contributed by atoms with E-state index in [4.69, 9.17) is 4.74 Å². The van der Waals surface area contributed by atoms with Crippen LogP contribution in [0.4, 0.5) is 0 Å². The van der Waals surface area contributed by atoms with Crippen LogP contribution in [-0.4, -0.2) is 35.9 Å². The highest BCUT2D eigenvalue weighted by Crippen LogP contribution is 2.68. The van der Waals surface area contributed by atoms with E-state index in [0.29, 0.717) is 35.1 Å². The minimum Gasteiger partial charge on any atom is -0.463 e. The molecule has 0 aromatic rings. The molecule has 0 spiro atoms. The molecule has 188 valence electrons. The summed E-state index contributed by atoms with van der Waals surface area (Å²) in [5.74, 6) is 4.55. The number of fused-ring (bicyclic) bond motifs is 5. The molecule has 0 amide bonds. The number of carbonyl (C=O) groups excluding carboxylic acids is 1. The van der Waals surface area contributed by atoms with Crippen LogP contribution in [0.5, 0.6) is 0 Å². The van der Waals surface area contributed by atoms with Crippen LogP contribution in [-0.2, 0) is 9.53 Å². The number of esters is 1. The molecule has 1 saturated heterocycles. The largest absolute Gasteiger partial charge is 0.463 e. The number of piperidine rings is 1. The highest BCUT2D eigenvalue weighted by Gasteiger charge is 2.63. The lowest BCUT2D eigenvalue weighted by atomic mass is 9.44. The van der Waals surface area contributed by atoms with E-state index in [0.717, 1.165) is 43.6 Å². The zero-order valence-corrected chi connectivity index (χ0v) is 21.8. The van der Waals surface area contributed by atoms with Crippen LogP contribution >= 0.6 is 0 Å². The minimum absolute atomic E-state index is 0.118. The smallest absolute Gasteiger partial charge is 0.302 e. The van der Waals surface area contributed by atoms with Gasteiger partial charge in [-0.25, -0.2) is 0 Å². The zero-order chi connectivity index (χ0) is 23.5. The van der Waals surface area contributed by atoms with Crippen molar-refractivity contribution in [1.82, 2.24) is 5.32 Å². The molecule has 5 rings (SSSR count). The fraction of sp³-hybridized carbons (Fsp3) is 0.966.